The van der Waals surface area contributed by atoms with E-state index in [0.717, 1.165) is 5.69 Å². The zero-order valence-electron chi connectivity index (χ0n) is 12.6. The molecule has 0 atom stereocenters. The van der Waals surface area contributed by atoms with Crippen LogP contribution in [0.3, 0.4) is 0 Å². The molecule has 2 aromatic rings. The summed E-state index contributed by atoms with van der Waals surface area (Å²) < 4.78 is 13.7. The van der Waals surface area contributed by atoms with Gasteiger partial charge in [0.1, 0.15) is 11.9 Å². The molecule has 0 saturated carbocycles. The first-order valence-corrected chi connectivity index (χ1v) is 7.48. The Bertz CT molecular complexity index is 761. The number of hydrogen-bond donors (Lipinski definition) is 0. The SMILES string of the molecule is N#Cc1ccccc1N1CCN(C(=O)c2ccccc2F)CC1. The third-order valence-corrected chi connectivity index (χ3v) is 4.04. The van der Waals surface area contributed by atoms with Crippen LogP contribution in [-0.2, 0) is 0 Å². The molecule has 0 spiro atoms. The van der Waals surface area contributed by atoms with Crippen molar-refractivity contribution in [1.29, 1.82) is 5.26 Å². The number of amides is 1. The van der Waals surface area contributed by atoms with Crippen molar-refractivity contribution < 1.29 is 9.18 Å². The number of nitrogens with zero attached hydrogens (tertiary/aromatic N) is 3. The Labute approximate surface area is 134 Å². The van der Waals surface area contributed by atoms with Crippen molar-refractivity contribution in [2.75, 3.05) is 31.1 Å². The molecule has 5 heteroatoms. The number of piperazine rings is 1. The second-order valence-electron chi connectivity index (χ2n) is 5.39. The van der Waals surface area contributed by atoms with Crippen LogP contribution in [0.4, 0.5) is 10.1 Å². The average molecular weight is 309 g/mol. The number of halogens is 1. The highest BCUT2D eigenvalue weighted by molar-refractivity contribution is 5.94. The zero-order chi connectivity index (χ0) is 16.2. The minimum Gasteiger partial charge on any atom is -0.367 e. The maximum absolute atomic E-state index is 13.7. The molecule has 23 heavy (non-hydrogen) atoms. The number of carbonyl (C=O) groups excluding carboxylic acids is 1. The Morgan fingerprint density at radius 1 is 1.00 bits per heavy atom. The van der Waals surface area contributed by atoms with E-state index < -0.39 is 5.82 Å². The van der Waals surface area contributed by atoms with E-state index in [2.05, 4.69) is 11.0 Å². The summed E-state index contributed by atoms with van der Waals surface area (Å²) in [6, 6.07) is 15.7. The third-order valence-electron chi connectivity index (χ3n) is 4.04. The Balaban J connectivity index is 1.71. The van der Waals surface area contributed by atoms with E-state index in [-0.39, 0.29) is 11.5 Å². The van der Waals surface area contributed by atoms with Crippen LogP contribution in [0.15, 0.2) is 48.5 Å². The van der Waals surface area contributed by atoms with Crippen LogP contribution in [0.5, 0.6) is 0 Å². The highest BCUT2D eigenvalue weighted by Crippen LogP contribution is 2.21. The van der Waals surface area contributed by atoms with E-state index in [0.29, 0.717) is 31.7 Å². The number of anilines is 1. The summed E-state index contributed by atoms with van der Waals surface area (Å²) in [6.45, 7) is 2.26. The fourth-order valence-electron chi connectivity index (χ4n) is 2.80. The van der Waals surface area contributed by atoms with Crippen molar-refractivity contribution in [3.8, 4) is 6.07 Å². The molecule has 0 unspecified atom stereocenters. The fourth-order valence-corrected chi connectivity index (χ4v) is 2.80. The Hall–Kier alpha value is -2.87. The zero-order valence-corrected chi connectivity index (χ0v) is 12.6. The van der Waals surface area contributed by atoms with E-state index in [1.807, 2.05) is 18.2 Å². The molecule has 3 rings (SSSR count). The summed E-state index contributed by atoms with van der Waals surface area (Å²) in [5.74, 6) is -0.772. The van der Waals surface area contributed by atoms with Crippen molar-refractivity contribution >= 4 is 11.6 Å². The molecule has 0 radical (unpaired) electrons. The lowest BCUT2D eigenvalue weighted by molar-refractivity contribution is 0.0742. The predicted octanol–water partition coefficient (Wildman–Crippen LogP) is 2.66. The number of hydrogen-bond acceptors (Lipinski definition) is 3. The Kier molecular flexibility index (Phi) is 4.24. The third kappa shape index (κ3) is 3.02. The van der Waals surface area contributed by atoms with E-state index >= 15 is 0 Å². The van der Waals surface area contributed by atoms with Crippen LogP contribution in [0.2, 0.25) is 0 Å². The summed E-state index contributed by atoms with van der Waals surface area (Å²) in [6.07, 6.45) is 0. The van der Waals surface area contributed by atoms with E-state index in [9.17, 15) is 14.4 Å². The van der Waals surface area contributed by atoms with Gasteiger partial charge in [0.05, 0.1) is 16.8 Å². The van der Waals surface area contributed by atoms with Gasteiger partial charge in [0.2, 0.25) is 0 Å². The summed E-state index contributed by atoms with van der Waals surface area (Å²) in [4.78, 5) is 16.1. The molecule has 0 aromatic heterocycles. The highest BCUT2D eigenvalue weighted by Gasteiger charge is 2.24. The van der Waals surface area contributed by atoms with Crippen molar-refractivity contribution in [3.05, 3.63) is 65.5 Å². The van der Waals surface area contributed by atoms with Crippen LogP contribution in [-0.4, -0.2) is 37.0 Å². The molecule has 0 bridgehead atoms. The molecule has 116 valence electrons. The van der Waals surface area contributed by atoms with Gasteiger partial charge >= 0.3 is 0 Å². The van der Waals surface area contributed by atoms with Crippen molar-refractivity contribution in [3.63, 3.8) is 0 Å². The standard InChI is InChI=1S/C18H16FN3O/c19-16-7-3-2-6-15(16)18(23)22-11-9-21(10-12-22)17-8-4-1-5-14(17)13-20/h1-8H,9-12H2. The van der Waals surface area contributed by atoms with Gasteiger partial charge < -0.3 is 9.80 Å². The molecule has 0 N–H and O–H groups in total. The first-order valence-electron chi connectivity index (χ1n) is 7.48. The molecule has 1 amide bonds. The van der Waals surface area contributed by atoms with Crippen LogP contribution in [0.1, 0.15) is 15.9 Å². The number of nitriles is 1. The van der Waals surface area contributed by atoms with E-state index in [4.69, 9.17) is 0 Å². The molecule has 1 heterocycles. The lowest BCUT2D eigenvalue weighted by Gasteiger charge is -2.36. The van der Waals surface area contributed by atoms with E-state index in [1.165, 1.54) is 12.1 Å². The van der Waals surface area contributed by atoms with Gasteiger partial charge in [-0.1, -0.05) is 24.3 Å². The summed E-state index contributed by atoms with van der Waals surface area (Å²) in [5, 5.41) is 9.19. The maximum Gasteiger partial charge on any atom is 0.256 e. The lowest BCUT2D eigenvalue weighted by atomic mass is 10.1. The number of para-hydroxylation sites is 1. The second kappa shape index (κ2) is 6.49. The molecule has 1 saturated heterocycles. The van der Waals surface area contributed by atoms with Crippen molar-refractivity contribution in [1.82, 2.24) is 4.90 Å². The first-order chi connectivity index (χ1) is 11.2. The largest absolute Gasteiger partial charge is 0.367 e. The van der Waals surface area contributed by atoms with Gasteiger partial charge in [0.25, 0.3) is 5.91 Å². The van der Waals surface area contributed by atoms with Gasteiger partial charge in [-0.3, -0.25) is 4.79 Å². The Morgan fingerprint density at radius 3 is 2.35 bits per heavy atom. The van der Waals surface area contributed by atoms with E-state index in [1.54, 1.807) is 23.1 Å². The summed E-state index contributed by atoms with van der Waals surface area (Å²) in [7, 11) is 0. The topological polar surface area (TPSA) is 47.3 Å². The second-order valence-corrected chi connectivity index (χ2v) is 5.39. The van der Waals surface area contributed by atoms with Crippen LogP contribution >= 0.6 is 0 Å². The summed E-state index contributed by atoms with van der Waals surface area (Å²) in [5.41, 5.74) is 1.62. The van der Waals surface area contributed by atoms with Gasteiger partial charge in [-0.25, -0.2) is 4.39 Å². The minimum atomic E-state index is -0.491. The monoisotopic (exact) mass is 309 g/mol. The number of rotatable bonds is 2. The van der Waals surface area contributed by atoms with Gasteiger partial charge in [0.15, 0.2) is 0 Å². The van der Waals surface area contributed by atoms with Crippen molar-refractivity contribution in [2.45, 2.75) is 0 Å². The molecular formula is C18H16FN3O. The van der Waals surface area contributed by atoms with Gasteiger partial charge in [-0.15, -0.1) is 0 Å². The molecule has 1 fully saturated rings. The highest BCUT2D eigenvalue weighted by atomic mass is 19.1. The van der Waals surface area contributed by atoms with Gasteiger partial charge in [-0.05, 0) is 24.3 Å². The molecule has 1 aliphatic heterocycles. The molecule has 4 nitrogen and oxygen atoms in total. The smallest absolute Gasteiger partial charge is 0.256 e. The summed E-state index contributed by atoms with van der Waals surface area (Å²) >= 11 is 0. The molecule has 2 aromatic carbocycles. The quantitative estimate of drug-likeness (QED) is 0.857. The number of benzene rings is 2. The van der Waals surface area contributed by atoms with Gasteiger partial charge in [-0.2, -0.15) is 5.26 Å². The minimum absolute atomic E-state index is 0.110. The van der Waals surface area contributed by atoms with Crippen LogP contribution < -0.4 is 4.90 Å². The molecule has 1 aliphatic rings. The van der Waals surface area contributed by atoms with Crippen LogP contribution in [0, 0.1) is 17.1 Å². The number of carbonyl (C=O) groups is 1. The predicted molar refractivity (Wildman–Crippen MR) is 85.7 cm³/mol. The molecule has 0 aliphatic carbocycles. The van der Waals surface area contributed by atoms with Crippen molar-refractivity contribution in [2.24, 2.45) is 0 Å². The average Bonchev–Trinajstić information content (AvgIpc) is 2.61. The fraction of sp³-hybridized carbons (Fsp3) is 0.222. The normalized spacial score (nSPS) is 14.4. The van der Waals surface area contributed by atoms with Crippen LogP contribution in [0.25, 0.3) is 0 Å². The lowest BCUT2D eigenvalue weighted by Crippen LogP contribution is -2.49. The Morgan fingerprint density at radius 2 is 1.65 bits per heavy atom. The molecular weight excluding hydrogens is 293 g/mol. The first kappa shape index (κ1) is 15.0. The van der Waals surface area contributed by atoms with Gasteiger partial charge in [0, 0.05) is 26.2 Å². The maximum atomic E-state index is 13.7.